The first kappa shape index (κ1) is 3.29. The highest BCUT2D eigenvalue weighted by molar-refractivity contribution is 6.37. The van der Waals surface area contributed by atoms with Crippen molar-refractivity contribution in [2.75, 3.05) is 7.05 Å². The molecule has 1 saturated heterocycles. The van der Waals surface area contributed by atoms with Gasteiger partial charge in [0.1, 0.15) is 0 Å². The van der Waals surface area contributed by atoms with Gasteiger partial charge < -0.3 is 0 Å². The third-order valence-electron chi connectivity index (χ3n) is 0.586. The molecular formula is CH7N3Si. The van der Waals surface area contributed by atoms with Gasteiger partial charge in [0, 0.05) is 0 Å². The lowest BCUT2D eigenvalue weighted by Gasteiger charge is -1.86. The molecular weight excluding hydrogens is 82.1 g/mol. The summed E-state index contributed by atoms with van der Waals surface area (Å²) in [6.45, 7) is 0. The van der Waals surface area contributed by atoms with Crippen molar-refractivity contribution in [2.24, 2.45) is 0 Å². The molecule has 0 aromatic heterocycles. The first-order valence-electron chi connectivity index (χ1n) is 1.62. The van der Waals surface area contributed by atoms with E-state index < -0.39 is 0 Å². The third kappa shape index (κ3) is 0.693. The molecule has 2 N–H and O–H groups in total. The number of rotatable bonds is 1. The average Bonchev–Trinajstić information content (AvgIpc) is 2.12. The zero-order valence-electron chi connectivity index (χ0n) is 3.15. The number of hydrogen-bond donors (Lipinski definition) is 2. The molecule has 0 bridgehead atoms. The lowest BCUT2D eigenvalue weighted by molar-refractivity contribution is 0.448. The van der Waals surface area contributed by atoms with Crippen molar-refractivity contribution in [1.29, 1.82) is 0 Å². The van der Waals surface area contributed by atoms with Crippen LogP contribution in [0.2, 0.25) is 0 Å². The monoisotopic (exact) mass is 89.0 g/mol. The fourth-order valence-electron chi connectivity index (χ4n) is 0.193. The van der Waals surface area contributed by atoms with Crippen LogP contribution in [0.15, 0.2) is 0 Å². The molecule has 1 rings (SSSR count). The van der Waals surface area contributed by atoms with Crippen LogP contribution in [0.25, 0.3) is 0 Å². The zero-order chi connectivity index (χ0) is 3.70. The van der Waals surface area contributed by atoms with Crippen LogP contribution in [0.4, 0.5) is 0 Å². The molecule has 30 valence electrons. The van der Waals surface area contributed by atoms with Gasteiger partial charge in [0.05, 0.1) is 0 Å². The van der Waals surface area contributed by atoms with Crippen molar-refractivity contribution < 1.29 is 0 Å². The van der Waals surface area contributed by atoms with E-state index in [1.54, 1.807) is 0 Å². The van der Waals surface area contributed by atoms with E-state index in [2.05, 4.69) is 10.5 Å². The van der Waals surface area contributed by atoms with E-state index in [1.165, 1.54) is 0 Å². The molecule has 0 aliphatic carbocycles. The Morgan fingerprint density at radius 1 is 2.00 bits per heavy atom. The molecule has 4 heteroatoms. The molecule has 1 heterocycles. The van der Waals surface area contributed by atoms with Gasteiger partial charge in [-0.1, -0.05) is 0 Å². The van der Waals surface area contributed by atoms with Gasteiger partial charge in [-0.2, -0.15) is 0 Å². The lowest BCUT2D eigenvalue weighted by atomic mass is 11.5. The van der Waals surface area contributed by atoms with Crippen LogP contribution in [0, 0.1) is 0 Å². The largest absolute Gasteiger partial charge is 0.257 e. The summed E-state index contributed by atoms with van der Waals surface area (Å²) in [7, 11) is 1.96. The van der Waals surface area contributed by atoms with E-state index in [4.69, 9.17) is 0 Å². The number of hydrazine groups is 2. The van der Waals surface area contributed by atoms with Crippen LogP contribution in [-0.2, 0) is 0 Å². The second-order valence-electron chi connectivity index (χ2n) is 0.968. The lowest BCUT2D eigenvalue weighted by Crippen LogP contribution is -2.16. The number of nitrogens with one attached hydrogen (secondary N) is 2. The molecule has 0 amide bonds. The zero-order valence-corrected chi connectivity index (χ0v) is 4.57. The molecule has 1 unspecified atom stereocenters. The van der Waals surface area contributed by atoms with Crippen molar-refractivity contribution in [3.8, 4) is 0 Å². The Labute approximate surface area is 33.3 Å². The minimum atomic E-state index is 0.0529. The molecule has 5 heavy (non-hydrogen) atoms. The summed E-state index contributed by atoms with van der Waals surface area (Å²) < 4.78 is 0. The normalized spacial score (nSPS) is 39.0. The smallest absolute Gasteiger partial charge is 0.219 e. The SMILES string of the molecule is CNN1N[SiH2]1. The molecule has 1 atom stereocenters. The summed E-state index contributed by atoms with van der Waals surface area (Å²) in [5, 5.41) is 3.05. The Balaban J connectivity index is 2.00. The van der Waals surface area contributed by atoms with Gasteiger partial charge >= 0.3 is 0 Å². The second-order valence-corrected chi connectivity index (χ2v) is 2.23. The van der Waals surface area contributed by atoms with E-state index in [-0.39, 0.29) is 9.84 Å². The topological polar surface area (TPSA) is 37.0 Å². The van der Waals surface area contributed by atoms with Crippen molar-refractivity contribution in [3.05, 3.63) is 0 Å². The fraction of sp³-hybridized carbons (Fsp3) is 1.00. The maximum Gasteiger partial charge on any atom is 0.219 e. The number of hydrogen-bond acceptors (Lipinski definition) is 3. The van der Waals surface area contributed by atoms with Crippen LogP contribution in [0.3, 0.4) is 0 Å². The summed E-state index contributed by atoms with van der Waals surface area (Å²) in [6.07, 6.45) is 0. The van der Waals surface area contributed by atoms with Crippen molar-refractivity contribution in [2.45, 2.75) is 0 Å². The Hall–Kier alpha value is 0.0969. The van der Waals surface area contributed by atoms with Gasteiger partial charge in [-0.15, -0.1) is 0 Å². The van der Waals surface area contributed by atoms with E-state index in [0.29, 0.717) is 0 Å². The minimum absolute atomic E-state index is 0.0529. The molecule has 0 radical (unpaired) electrons. The molecule has 0 spiro atoms. The second kappa shape index (κ2) is 1.06. The van der Waals surface area contributed by atoms with Gasteiger partial charge in [-0.05, 0) is 7.05 Å². The molecule has 3 nitrogen and oxygen atoms in total. The summed E-state index contributed by atoms with van der Waals surface area (Å²) in [4.78, 5) is 2.01. The Bertz CT molecular complexity index is 33.9. The predicted molar refractivity (Wildman–Crippen MR) is 22.6 cm³/mol. The van der Waals surface area contributed by atoms with Gasteiger partial charge in [-0.3, -0.25) is 10.5 Å². The van der Waals surface area contributed by atoms with Crippen LogP contribution in [0.5, 0.6) is 0 Å². The predicted octanol–water partition coefficient (Wildman–Crippen LogP) is -2.06. The van der Waals surface area contributed by atoms with E-state index in [9.17, 15) is 0 Å². The van der Waals surface area contributed by atoms with E-state index in [1.807, 2.05) is 11.8 Å². The molecule has 1 aliphatic heterocycles. The summed E-state index contributed by atoms with van der Waals surface area (Å²) in [5.41, 5.74) is 2.92. The van der Waals surface area contributed by atoms with Gasteiger partial charge in [-0.25, -0.2) is 4.78 Å². The summed E-state index contributed by atoms with van der Waals surface area (Å²) >= 11 is 0. The van der Waals surface area contributed by atoms with Gasteiger partial charge in [0.15, 0.2) is 0 Å². The standard InChI is InChI=1S/CH7N3Si/c1-2-4-3-5-4/h2-3H,5H2,1H3. The summed E-state index contributed by atoms with van der Waals surface area (Å²) in [6, 6.07) is 0. The Morgan fingerprint density at radius 2 is 2.60 bits per heavy atom. The van der Waals surface area contributed by atoms with Crippen LogP contribution < -0.4 is 10.5 Å². The van der Waals surface area contributed by atoms with E-state index in [0.717, 1.165) is 0 Å². The van der Waals surface area contributed by atoms with Crippen molar-refractivity contribution >= 4 is 9.84 Å². The van der Waals surface area contributed by atoms with Crippen LogP contribution in [0.1, 0.15) is 0 Å². The van der Waals surface area contributed by atoms with Crippen LogP contribution in [-0.4, -0.2) is 21.7 Å². The quantitative estimate of drug-likeness (QED) is 0.286. The van der Waals surface area contributed by atoms with Crippen molar-refractivity contribution in [3.63, 3.8) is 0 Å². The van der Waals surface area contributed by atoms with Gasteiger partial charge in [0.25, 0.3) is 0 Å². The molecule has 0 aromatic carbocycles. The van der Waals surface area contributed by atoms with E-state index >= 15 is 0 Å². The Kier molecular flexibility index (Phi) is 0.696. The maximum absolute atomic E-state index is 3.05. The highest BCUT2D eigenvalue weighted by Crippen LogP contribution is 1.75. The van der Waals surface area contributed by atoms with Gasteiger partial charge in [0.2, 0.25) is 9.84 Å². The summed E-state index contributed by atoms with van der Waals surface area (Å²) in [5.74, 6) is 0. The molecule has 1 fully saturated rings. The first-order valence-corrected chi connectivity index (χ1v) is 2.96. The average molecular weight is 89.2 g/mol. The highest BCUT2D eigenvalue weighted by atomic mass is 28.2. The van der Waals surface area contributed by atoms with Crippen LogP contribution >= 0.6 is 0 Å². The minimum Gasteiger partial charge on any atom is -0.257 e. The van der Waals surface area contributed by atoms with Crippen molar-refractivity contribution in [1.82, 2.24) is 15.3 Å². The first-order chi connectivity index (χ1) is 2.43. The maximum atomic E-state index is 3.05. The Morgan fingerprint density at radius 3 is 2.60 bits per heavy atom. The fourth-order valence-corrected chi connectivity index (χ4v) is 0.580. The third-order valence-corrected chi connectivity index (χ3v) is 1.53. The molecule has 0 aromatic rings. The number of nitrogens with zero attached hydrogens (tertiary/aromatic N) is 1. The highest BCUT2D eigenvalue weighted by Gasteiger charge is 2.12. The molecule has 0 saturated carbocycles. The molecule has 1 aliphatic rings.